The Morgan fingerprint density at radius 1 is 1.07 bits per heavy atom. The Morgan fingerprint density at radius 3 is 2.37 bits per heavy atom. The molecule has 3 atom stereocenters. The van der Waals surface area contributed by atoms with Gasteiger partial charge in [-0.2, -0.15) is 0 Å². The molecular weight excluding hydrogens is 348 g/mol. The minimum absolute atomic E-state index is 0.115. The number of fused-ring (bicyclic) bond motifs is 1. The Labute approximate surface area is 160 Å². The SMILES string of the molecule is COc1ccc(C(=O)N(C)C2C[C@H]3CC(=O)N(C)C[C@@H]3C2)c(OC)c1OC. The van der Waals surface area contributed by atoms with Crippen molar-refractivity contribution >= 4 is 11.8 Å². The number of ether oxygens (including phenoxy) is 3. The third-order valence-electron chi connectivity index (χ3n) is 5.99. The second kappa shape index (κ2) is 7.66. The highest BCUT2D eigenvalue weighted by Crippen LogP contribution is 2.43. The molecule has 7 heteroatoms. The van der Waals surface area contributed by atoms with Crippen molar-refractivity contribution in [1.29, 1.82) is 0 Å². The van der Waals surface area contributed by atoms with Crippen molar-refractivity contribution in [3.8, 4) is 17.2 Å². The van der Waals surface area contributed by atoms with Gasteiger partial charge in [0.15, 0.2) is 11.5 Å². The van der Waals surface area contributed by atoms with Gasteiger partial charge >= 0.3 is 0 Å². The van der Waals surface area contributed by atoms with Crippen LogP contribution in [-0.2, 0) is 4.79 Å². The average Bonchev–Trinajstić information content (AvgIpc) is 3.08. The van der Waals surface area contributed by atoms with Crippen molar-refractivity contribution in [2.24, 2.45) is 11.8 Å². The molecule has 1 aliphatic heterocycles. The van der Waals surface area contributed by atoms with Crippen molar-refractivity contribution in [2.45, 2.75) is 25.3 Å². The van der Waals surface area contributed by atoms with Crippen LogP contribution in [0.3, 0.4) is 0 Å². The first-order valence-electron chi connectivity index (χ1n) is 9.21. The smallest absolute Gasteiger partial charge is 0.257 e. The molecule has 1 unspecified atom stereocenters. The maximum atomic E-state index is 13.2. The third-order valence-corrected chi connectivity index (χ3v) is 5.99. The predicted molar refractivity (Wildman–Crippen MR) is 100 cm³/mol. The van der Waals surface area contributed by atoms with Crippen LogP contribution in [0.15, 0.2) is 12.1 Å². The zero-order valence-electron chi connectivity index (χ0n) is 16.7. The summed E-state index contributed by atoms with van der Waals surface area (Å²) in [5.41, 5.74) is 0.445. The quantitative estimate of drug-likeness (QED) is 0.787. The zero-order valence-corrected chi connectivity index (χ0v) is 16.7. The normalized spacial score (nSPS) is 24.4. The van der Waals surface area contributed by atoms with Crippen LogP contribution in [0.5, 0.6) is 17.2 Å². The second-order valence-corrected chi connectivity index (χ2v) is 7.42. The lowest BCUT2D eigenvalue weighted by Crippen LogP contribution is -2.40. The molecule has 2 fully saturated rings. The molecule has 0 radical (unpaired) electrons. The van der Waals surface area contributed by atoms with Gasteiger partial charge in [0.2, 0.25) is 11.7 Å². The van der Waals surface area contributed by atoms with Crippen LogP contribution in [0.4, 0.5) is 0 Å². The number of likely N-dealkylation sites (tertiary alicyclic amines) is 1. The summed E-state index contributed by atoms with van der Waals surface area (Å²) in [6.45, 7) is 0.779. The van der Waals surface area contributed by atoms with Gasteiger partial charge in [0.1, 0.15) is 0 Å². The van der Waals surface area contributed by atoms with Gasteiger partial charge in [0.05, 0.1) is 26.9 Å². The van der Waals surface area contributed by atoms with E-state index in [0.717, 1.165) is 19.4 Å². The number of methoxy groups -OCH3 is 3. The Kier molecular flexibility index (Phi) is 5.48. The Morgan fingerprint density at radius 2 is 1.74 bits per heavy atom. The van der Waals surface area contributed by atoms with E-state index in [1.54, 1.807) is 24.1 Å². The molecule has 7 nitrogen and oxygen atoms in total. The highest BCUT2D eigenvalue weighted by Gasteiger charge is 2.42. The maximum Gasteiger partial charge on any atom is 0.257 e. The molecule has 2 amide bonds. The fourth-order valence-electron chi connectivity index (χ4n) is 4.43. The van der Waals surface area contributed by atoms with E-state index < -0.39 is 0 Å². The molecule has 27 heavy (non-hydrogen) atoms. The number of benzene rings is 1. The second-order valence-electron chi connectivity index (χ2n) is 7.42. The summed E-state index contributed by atoms with van der Waals surface area (Å²) in [5, 5.41) is 0. The van der Waals surface area contributed by atoms with Gasteiger partial charge < -0.3 is 24.0 Å². The Balaban J connectivity index is 1.81. The lowest BCUT2D eigenvalue weighted by atomic mass is 9.88. The van der Waals surface area contributed by atoms with E-state index in [4.69, 9.17) is 14.2 Å². The van der Waals surface area contributed by atoms with E-state index in [2.05, 4.69) is 0 Å². The number of piperidine rings is 1. The molecule has 2 aliphatic rings. The van der Waals surface area contributed by atoms with Gasteiger partial charge in [-0.25, -0.2) is 0 Å². The fourth-order valence-corrected chi connectivity index (χ4v) is 4.43. The van der Waals surface area contributed by atoms with Gasteiger partial charge in [0, 0.05) is 33.1 Å². The van der Waals surface area contributed by atoms with Gasteiger partial charge in [-0.1, -0.05) is 0 Å². The van der Waals surface area contributed by atoms with Crippen LogP contribution in [0.25, 0.3) is 0 Å². The molecule has 1 aromatic carbocycles. The summed E-state index contributed by atoms with van der Waals surface area (Å²) in [4.78, 5) is 28.8. The van der Waals surface area contributed by atoms with Crippen molar-refractivity contribution in [1.82, 2.24) is 9.80 Å². The standard InChI is InChI=1S/C20H28N2O5/c1-21-11-13-9-14(8-12(13)10-17(21)23)22(2)20(24)15-6-7-16(25-3)19(27-5)18(15)26-4/h6-7,12-14H,8-11H2,1-5H3/t12-,13-,14?/m0/s1. The molecule has 0 aromatic heterocycles. The maximum absolute atomic E-state index is 13.2. The van der Waals surface area contributed by atoms with Crippen LogP contribution in [0.1, 0.15) is 29.6 Å². The molecule has 0 spiro atoms. The van der Waals surface area contributed by atoms with Crippen LogP contribution >= 0.6 is 0 Å². The minimum atomic E-state index is -0.115. The fraction of sp³-hybridized carbons (Fsp3) is 0.600. The number of rotatable bonds is 5. The molecule has 148 valence electrons. The van der Waals surface area contributed by atoms with E-state index in [0.29, 0.717) is 41.1 Å². The lowest BCUT2D eigenvalue weighted by Gasteiger charge is -2.31. The summed E-state index contributed by atoms with van der Waals surface area (Å²) < 4.78 is 16.1. The van der Waals surface area contributed by atoms with E-state index in [1.807, 2.05) is 19.0 Å². The summed E-state index contributed by atoms with van der Waals surface area (Å²) in [5.74, 6) is 2.21. The number of carbonyl (C=O) groups excluding carboxylic acids is 2. The molecule has 1 aliphatic carbocycles. The van der Waals surface area contributed by atoms with Crippen LogP contribution in [0.2, 0.25) is 0 Å². The lowest BCUT2D eigenvalue weighted by molar-refractivity contribution is -0.134. The summed E-state index contributed by atoms with van der Waals surface area (Å²) >= 11 is 0. The number of carbonyl (C=O) groups is 2. The van der Waals surface area contributed by atoms with Crippen molar-refractivity contribution in [3.05, 3.63) is 17.7 Å². The number of hydrogen-bond donors (Lipinski definition) is 0. The summed E-state index contributed by atoms with van der Waals surface area (Å²) in [6, 6.07) is 3.53. The topological polar surface area (TPSA) is 68.3 Å². The first-order chi connectivity index (χ1) is 12.9. The number of hydrogen-bond acceptors (Lipinski definition) is 5. The first-order valence-corrected chi connectivity index (χ1v) is 9.21. The van der Waals surface area contributed by atoms with E-state index in [9.17, 15) is 9.59 Å². The minimum Gasteiger partial charge on any atom is -0.493 e. The molecule has 1 heterocycles. The monoisotopic (exact) mass is 376 g/mol. The van der Waals surface area contributed by atoms with Gasteiger partial charge in [-0.05, 0) is 36.8 Å². The van der Waals surface area contributed by atoms with Crippen LogP contribution in [-0.4, -0.2) is 69.6 Å². The van der Waals surface area contributed by atoms with Crippen molar-refractivity contribution in [3.63, 3.8) is 0 Å². The molecule has 1 saturated heterocycles. The van der Waals surface area contributed by atoms with Gasteiger partial charge in [0.25, 0.3) is 5.91 Å². The Hall–Kier alpha value is -2.44. The van der Waals surface area contributed by atoms with E-state index >= 15 is 0 Å². The number of amides is 2. The first kappa shape index (κ1) is 19.3. The molecule has 3 rings (SSSR count). The highest BCUT2D eigenvalue weighted by atomic mass is 16.5. The molecule has 1 aromatic rings. The Bertz CT molecular complexity index is 735. The molecule has 0 N–H and O–H groups in total. The predicted octanol–water partition coefficient (Wildman–Crippen LogP) is 2.04. The van der Waals surface area contributed by atoms with Crippen LogP contribution in [0, 0.1) is 11.8 Å². The number of nitrogens with zero attached hydrogens (tertiary/aromatic N) is 2. The molecule has 0 bridgehead atoms. The third kappa shape index (κ3) is 3.42. The van der Waals surface area contributed by atoms with Crippen LogP contribution < -0.4 is 14.2 Å². The largest absolute Gasteiger partial charge is 0.493 e. The molecular formula is C20H28N2O5. The summed E-state index contributed by atoms with van der Waals surface area (Å²) in [7, 11) is 8.26. The van der Waals surface area contributed by atoms with Gasteiger partial charge in [-0.15, -0.1) is 0 Å². The van der Waals surface area contributed by atoms with E-state index in [-0.39, 0.29) is 17.9 Å². The molecule has 1 saturated carbocycles. The van der Waals surface area contributed by atoms with Crippen molar-refractivity contribution in [2.75, 3.05) is 42.0 Å². The van der Waals surface area contributed by atoms with Crippen molar-refractivity contribution < 1.29 is 23.8 Å². The van der Waals surface area contributed by atoms with Gasteiger partial charge in [-0.3, -0.25) is 9.59 Å². The average molecular weight is 376 g/mol. The van der Waals surface area contributed by atoms with E-state index in [1.165, 1.54) is 14.2 Å². The summed E-state index contributed by atoms with van der Waals surface area (Å²) in [6.07, 6.45) is 2.36. The highest BCUT2D eigenvalue weighted by molar-refractivity contribution is 5.98. The zero-order chi connectivity index (χ0) is 19.7.